The van der Waals surface area contributed by atoms with Crippen LogP contribution in [0, 0.1) is 5.92 Å². The predicted octanol–water partition coefficient (Wildman–Crippen LogP) is 2.73. The van der Waals surface area contributed by atoms with Crippen LogP contribution in [0.1, 0.15) is 32.6 Å². The van der Waals surface area contributed by atoms with Crippen molar-refractivity contribution in [2.45, 2.75) is 44.8 Å². The van der Waals surface area contributed by atoms with E-state index < -0.39 is 12.8 Å². The van der Waals surface area contributed by atoms with Gasteiger partial charge in [0.1, 0.15) is 6.61 Å². The average Bonchev–Trinajstić information content (AvgIpc) is 2.63. The molecule has 1 N–H and O–H groups in total. The van der Waals surface area contributed by atoms with Gasteiger partial charge >= 0.3 is 6.18 Å². The van der Waals surface area contributed by atoms with Crippen molar-refractivity contribution in [1.82, 2.24) is 5.32 Å². The molecule has 0 saturated heterocycles. The van der Waals surface area contributed by atoms with Gasteiger partial charge in [-0.15, -0.1) is 0 Å². The number of hydrogen-bond donors (Lipinski definition) is 1. The normalized spacial score (nSPS) is 26.2. The average molecular weight is 239 g/mol. The van der Waals surface area contributed by atoms with Crippen LogP contribution in [0.25, 0.3) is 0 Å². The van der Waals surface area contributed by atoms with Crippen LogP contribution in [0.4, 0.5) is 13.2 Å². The summed E-state index contributed by atoms with van der Waals surface area (Å²) in [5.74, 6) is 0.683. The van der Waals surface area contributed by atoms with Gasteiger partial charge < -0.3 is 10.1 Å². The van der Waals surface area contributed by atoms with Gasteiger partial charge in [-0.3, -0.25) is 0 Å². The molecule has 0 radical (unpaired) electrons. The first-order valence-electron chi connectivity index (χ1n) is 5.91. The molecule has 2 nitrogen and oxygen atoms in total. The summed E-state index contributed by atoms with van der Waals surface area (Å²) in [7, 11) is 0. The van der Waals surface area contributed by atoms with Crippen molar-refractivity contribution < 1.29 is 17.9 Å². The van der Waals surface area contributed by atoms with E-state index in [0.717, 1.165) is 12.8 Å². The van der Waals surface area contributed by atoms with E-state index in [-0.39, 0.29) is 6.61 Å². The van der Waals surface area contributed by atoms with Gasteiger partial charge in [0.25, 0.3) is 0 Å². The molecule has 1 fully saturated rings. The summed E-state index contributed by atoms with van der Waals surface area (Å²) >= 11 is 0. The maximum atomic E-state index is 11.8. The summed E-state index contributed by atoms with van der Waals surface area (Å²) in [5, 5.41) is 3.28. The molecule has 0 aliphatic heterocycles. The molecular weight excluding hydrogens is 219 g/mol. The van der Waals surface area contributed by atoms with Crippen LogP contribution in [0.15, 0.2) is 0 Å². The molecule has 5 heteroatoms. The molecule has 0 spiro atoms. The summed E-state index contributed by atoms with van der Waals surface area (Å²) in [4.78, 5) is 0. The minimum atomic E-state index is -4.21. The predicted molar refractivity (Wildman–Crippen MR) is 56.3 cm³/mol. The smallest absolute Gasteiger partial charge is 0.371 e. The first-order valence-corrected chi connectivity index (χ1v) is 5.91. The second-order valence-corrected chi connectivity index (χ2v) is 4.33. The maximum Gasteiger partial charge on any atom is 0.411 e. The molecule has 1 rings (SSSR count). The molecule has 2 unspecified atom stereocenters. The fourth-order valence-electron chi connectivity index (χ4n) is 2.30. The number of rotatable bonds is 6. The Morgan fingerprint density at radius 3 is 2.69 bits per heavy atom. The third kappa shape index (κ3) is 5.16. The van der Waals surface area contributed by atoms with E-state index in [9.17, 15) is 13.2 Å². The van der Waals surface area contributed by atoms with Crippen LogP contribution in [-0.4, -0.2) is 32.0 Å². The molecule has 2 atom stereocenters. The van der Waals surface area contributed by atoms with Gasteiger partial charge in [0.15, 0.2) is 0 Å². The number of alkyl halides is 3. The van der Waals surface area contributed by atoms with E-state index in [1.165, 1.54) is 12.8 Å². The Bertz CT molecular complexity index is 196. The van der Waals surface area contributed by atoms with Gasteiger partial charge in [0.2, 0.25) is 0 Å². The highest BCUT2D eigenvalue weighted by Crippen LogP contribution is 2.27. The molecule has 16 heavy (non-hydrogen) atoms. The summed E-state index contributed by atoms with van der Waals surface area (Å²) in [6, 6.07) is 0.472. The molecule has 0 aromatic heterocycles. The summed E-state index contributed by atoms with van der Waals surface area (Å²) in [6.45, 7) is 1.66. The monoisotopic (exact) mass is 239 g/mol. The van der Waals surface area contributed by atoms with Crippen LogP contribution < -0.4 is 5.32 Å². The fraction of sp³-hybridized carbons (Fsp3) is 1.00. The SMILES string of the molecule is CCC1CCCC1NCCOCC(F)(F)F. The van der Waals surface area contributed by atoms with Crippen molar-refractivity contribution in [1.29, 1.82) is 0 Å². The lowest BCUT2D eigenvalue weighted by Gasteiger charge is -2.19. The largest absolute Gasteiger partial charge is 0.411 e. The van der Waals surface area contributed by atoms with E-state index in [1.807, 2.05) is 0 Å². The number of nitrogens with one attached hydrogen (secondary N) is 1. The minimum Gasteiger partial charge on any atom is -0.371 e. The summed E-state index contributed by atoms with van der Waals surface area (Å²) in [6.07, 6.45) is 0.523. The van der Waals surface area contributed by atoms with Crippen molar-refractivity contribution >= 4 is 0 Å². The Balaban J connectivity index is 2.03. The zero-order valence-corrected chi connectivity index (χ0v) is 9.65. The molecule has 0 heterocycles. The van der Waals surface area contributed by atoms with Gasteiger partial charge in [-0.1, -0.05) is 19.8 Å². The van der Waals surface area contributed by atoms with E-state index in [2.05, 4.69) is 17.0 Å². The molecule has 1 saturated carbocycles. The molecule has 1 aliphatic carbocycles. The highest BCUT2D eigenvalue weighted by molar-refractivity contribution is 4.81. The molecule has 1 aliphatic rings. The van der Waals surface area contributed by atoms with Crippen molar-refractivity contribution in [3.63, 3.8) is 0 Å². The quantitative estimate of drug-likeness (QED) is 0.720. The zero-order valence-electron chi connectivity index (χ0n) is 9.65. The summed E-state index contributed by atoms with van der Waals surface area (Å²) in [5.41, 5.74) is 0. The maximum absolute atomic E-state index is 11.8. The van der Waals surface area contributed by atoms with Gasteiger partial charge in [0, 0.05) is 12.6 Å². The van der Waals surface area contributed by atoms with E-state index in [0.29, 0.717) is 18.5 Å². The van der Waals surface area contributed by atoms with Gasteiger partial charge in [-0.2, -0.15) is 13.2 Å². The fourth-order valence-corrected chi connectivity index (χ4v) is 2.30. The van der Waals surface area contributed by atoms with Crippen LogP contribution in [0.5, 0.6) is 0 Å². The molecule has 0 aromatic rings. The molecular formula is C11H20F3NO. The standard InChI is InChI=1S/C11H20F3NO/c1-2-9-4-3-5-10(9)15-6-7-16-8-11(12,13)14/h9-10,15H,2-8H2,1H3. The Hall–Kier alpha value is -0.290. The number of halogens is 3. The van der Waals surface area contributed by atoms with E-state index in [4.69, 9.17) is 0 Å². The second-order valence-electron chi connectivity index (χ2n) is 4.33. The van der Waals surface area contributed by atoms with E-state index >= 15 is 0 Å². The van der Waals surface area contributed by atoms with Crippen LogP contribution in [0.2, 0.25) is 0 Å². The Labute approximate surface area is 94.5 Å². The molecule has 0 amide bonds. The van der Waals surface area contributed by atoms with E-state index in [1.54, 1.807) is 0 Å². The third-order valence-electron chi connectivity index (χ3n) is 3.10. The van der Waals surface area contributed by atoms with Crippen LogP contribution in [-0.2, 0) is 4.74 Å². The highest BCUT2D eigenvalue weighted by Gasteiger charge is 2.27. The lowest BCUT2D eigenvalue weighted by Crippen LogP contribution is -2.35. The Morgan fingerprint density at radius 2 is 2.06 bits per heavy atom. The second kappa shape index (κ2) is 6.45. The van der Waals surface area contributed by atoms with Crippen molar-refractivity contribution in [2.75, 3.05) is 19.8 Å². The van der Waals surface area contributed by atoms with Crippen molar-refractivity contribution in [3.05, 3.63) is 0 Å². The molecule has 0 aromatic carbocycles. The molecule has 0 bridgehead atoms. The van der Waals surface area contributed by atoms with Gasteiger partial charge in [0.05, 0.1) is 6.61 Å². The van der Waals surface area contributed by atoms with Crippen LogP contribution >= 0.6 is 0 Å². The number of hydrogen-bond acceptors (Lipinski definition) is 2. The zero-order chi connectivity index (χ0) is 12.0. The first kappa shape index (κ1) is 13.8. The third-order valence-corrected chi connectivity index (χ3v) is 3.10. The lowest BCUT2D eigenvalue weighted by molar-refractivity contribution is -0.173. The lowest BCUT2D eigenvalue weighted by atomic mass is 10.0. The van der Waals surface area contributed by atoms with Crippen molar-refractivity contribution in [2.24, 2.45) is 5.92 Å². The topological polar surface area (TPSA) is 21.3 Å². The minimum absolute atomic E-state index is 0.131. The Kier molecular flexibility index (Phi) is 5.55. The summed E-state index contributed by atoms with van der Waals surface area (Å²) < 4.78 is 39.8. The Morgan fingerprint density at radius 1 is 1.31 bits per heavy atom. The highest BCUT2D eigenvalue weighted by atomic mass is 19.4. The van der Waals surface area contributed by atoms with Gasteiger partial charge in [-0.25, -0.2) is 0 Å². The first-order chi connectivity index (χ1) is 7.53. The van der Waals surface area contributed by atoms with Crippen LogP contribution in [0.3, 0.4) is 0 Å². The van der Waals surface area contributed by atoms with Crippen molar-refractivity contribution in [3.8, 4) is 0 Å². The number of ether oxygens (including phenoxy) is 1. The van der Waals surface area contributed by atoms with Gasteiger partial charge in [-0.05, 0) is 18.8 Å². The molecule has 96 valence electrons.